The second-order valence-electron chi connectivity index (χ2n) is 4.67. The third kappa shape index (κ3) is 2.57. The SMILES string of the molecule is C[C@H]1OC(C)(C)O[C@H]1Cc1ccccc1Cl. The molecule has 1 aromatic carbocycles. The Morgan fingerprint density at radius 1 is 1.25 bits per heavy atom. The summed E-state index contributed by atoms with van der Waals surface area (Å²) in [5.74, 6) is -0.481. The normalized spacial score (nSPS) is 28.2. The van der Waals surface area contributed by atoms with Gasteiger partial charge in [0.15, 0.2) is 5.79 Å². The highest BCUT2D eigenvalue weighted by atomic mass is 35.5. The molecule has 1 aliphatic rings. The maximum absolute atomic E-state index is 6.13. The van der Waals surface area contributed by atoms with Crippen molar-refractivity contribution in [1.29, 1.82) is 0 Å². The fourth-order valence-electron chi connectivity index (χ4n) is 2.10. The van der Waals surface area contributed by atoms with E-state index in [2.05, 4.69) is 0 Å². The molecule has 1 heterocycles. The molecule has 0 unspecified atom stereocenters. The van der Waals surface area contributed by atoms with E-state index in [1.165, 1.54) is 0 Å². The molecular formula is C13H17ClO2. The molecule has 2 atom stereocenters. The zero-order valence-electron chi connectivity index (χ0n) is 9.87. The molecule has 1 saturated heterocycles. The van der Waals surface area contributed by atoms with Crippen LogP contribution in [0.15, 0.2) is 24.3 Å². The first-order valence-corrected chi connectivity index (χ1v) is 5.95. The molecule has 2 rings (SSSR count). The third-order valence-electron chi connectivity index (χ3n) is 2.81. The van der Waals surface area contributed by atoms with Crippen LogP contribution in [-0.2, 0) is 15.9 Å². The zero-order chi connectivity index (χ0) is 11.8. The highest BCUT2D eigenvalue weighted by molar-refractivity contribution is 6.31. The summed E-state index contributed by atoms with van der Waals surface area (Å²) < 4.78 is 11.5. The summed E-state index contributed by atoms with van der Waals surface area (Å²) in [7, 11) is 0. The van der Waals surface area contributed by atoms with Gasteiger partial charge < -0.3 is 9.47 Å². The van der Waals surface area contributed by atoms with E-state index in [0.717, 1.165) is 17.0 Å². The molecule has 0 aliphatic carbocycles. The van der Waals surface area contributed by atoms with Gasteiger partial charge in [0.2, 0.25) is 0 Å². The predicted molar refractivity (Wildman–Crippen MR) is 64.7 cm³/mol. The van der Waals surface area contributed by atoms with Crippen molar-refractivity contribution in [3.63, 3.8) is 0 Å². The number of halogens is 1. The lowest BCUT2D eigenvalue weighted by Crippen LogP contribution is -2.23. The average Bonchev–Trinajstić information content (AvgIpc) is 2.44. The number of ether oxygens (including phenoxy) is 2. The summed E-state index contributed by atoms with van der Waals surface area (Å²) in [5.41, 5.74) is 1.11. The van der Waals surface area contributed by atoms with Crippen LogP contribution in [0.5, 0.6) is 0 Å². The van der Waals surface area contributed by atoms with Crippen LogP contribution < -0.4 is 0 Å². The Hall–Kier alpha value is -0.570. The molecule has 3 heteroatoms. The van der Waals surface area contributed by atoms with E-state index in [4.69, 9.17) is 21.1 Å². The molecule has 1 aliphatic heterocycles. The summed E-state index contributed by atoms with van der Waals surface area (Å²) in [6, 6.07) is 7.87. The summed E-state index contributed by atoms with van der Waals surface area (Å²) in [6.07, 6.45) is 0.978. The fourth-order valence-corrected chi connectivity index (χ4v) is 2.31. The van der Waals surface area contributed by atoms with E-state index < -0.39 is 5.79 Å². The average molecular weight is 241 g/mol. The smallest absolute Gasteiger partial charge is 0.163 e. The molecule has 0 bridgehead atoms. The summed E-state index contributed by atoms with van der Waals surface area (Å²) in [6.45, 7) is 5.92. The molecule has 0 spiro atoms. The molecule has 2 nitrogen and oxygen atoms in total. The van der Waals surface area contributed by atoms with Gasteiger partial charge in [0.05, 0.1) is 12.2 Å². The topological polar surface area (TPSA) is 18.5 Å². The van der Waals surface area contributed by atoms with E-state index in [9.17, 15) is 0 Å². The van der Waals surface area contributed by atoms with Crippen LogP contribution in [0.1, 0.15) is 26.3 Å². The second-order valence-corrected chi connectivity index (χ2v) is 5.08. The van der Waals surface area contributed by atoms with Crippen molar-refractivity contribution in [2.75, 3.05) is 0 Å². The second kappa shape index (κ2) is 4.36. The molecule has 0 saturated carbocycles. The molecule has 0 aromatic heterocycles. The van der Waals surface area contributed by atoms with E-state index in [0.29, 0.717) is 0 Å². The van der Waals surface area contributed by atoms with E-state index in [-0.39, 0.29) is 12.2 Å². The number of rotatable bonds is 2. The van der Waals surface area contributed by atoms with Crippen LogP contribution in [0.3, 0.4) is 0 Å². The van der Waals surface area contributed by atoms with Gasteiger partial charge >= 0.3 is 0 Å². The Bertz CT molecular complexity index is 376. The van der Waals surface area contributed by atoms with Gasteiger partial charge in [0.25, 0.3) is 0 Å². The predicted octanol–water partition coefficient (Wildman–Crippen LogP) is 3.42. The molecular weight excluding hydrogens is 224 g/mol. The van der Waals surface area contributed by atoms with E-state index in [1.54, 1.807) is 0 Å². The van der Waals surface area contributed by atoms with Crippen molar-refractivity contribution in [1.82, 2.24) is 0 Å². The van der Waals surface area contributed by atoms with Crippen molar-refractivity contribution in [2.24, 2.45) is 0 Å². The third-order valence-corrected chi connectivity index (χ3v) is 3.18. The highest BCUT2D eigenvalue weighted by Crippen LogP contribution is 2.31. The van der Waals surface area contributed by atoms with Crippen LogP contribution >= 0.6 is 11.6 Å². The zero-order valence-corrected chi connectivity index (χ0v) is 10.6. The fraction of sp³-hybridized carbons (Fsp3) is 0.538. The van der Waals surface area contributed by atoms with Crippen LogP contribution in [0, 0.1) is 0 Å². The standard InChI is InChI=1S/C13H17ClO2/c1-9-12(16-13(2,3)15-9)8-10-6-4-5-7-11(10)14/h4-7,9,12H,8H2,1-3H3/t9-,12+/m1/s1. The Kier molecular flexibility index (Phi) is 3.24. The first-order valence-electron chi connectivity index (χ1n) is 5.57. The van der Waals surface area contributed by atoms with Crippen molar-refractivity contribution in [2.45, 2.75) is 45.2 Å². The van der Waals surface area contributed by atoms with Crippen molar-refractivity contribution in [3.8, 4) is 0 Å². The van der Waals surface area contributed by atoms with Gasteiger partial charge in [-0.25, -0.2) is 0 Å². The van der Waals surface area contributed by atoms with Crippen LogP contribution in [-0.4, -0.2) is 18.0 Å². The lowest BCUT2D eigenvalue weighted by atomic mass is 10.0. The van der Waals surface area contributed by atoms with Crippen LogP contribution in [0.4, 0.5) is 0 Å². The Balaban J connectivity index is 2.09. The Morgan fingerprint density at radius 3 is 2.50 bits per heavy atom. The molecule has 88 valence electrons. The summed E-state index contributed by atoms with van der Waals surface area (Å²) in [4.78, 5) is 0. The molecule has 0 radical (unpaired) electrons. The lowest BCUT2D eigenvalue weighted by Gasteiger charge is -2.17. The molecule has 16 heavy (non-hydrogen) atoms. The van der Waals surface area contributed by atoms with Crippen molar-refractivity contribution in [3.05, 3.63) is 34.9 Å². The number of hydrogen-bond donors (Lipinski definition) is 0. The Labute approximate surface area is 102 Å². The van der Waals surface area contributed by atoms with Crippen LogP contribution in [0.25, 0.3) is 0 Å². The first kappa shape index (κ1) is 11.9. The van der Waals surface area contributed by atoms with Gasteiger partial charge in [0.1, 0.15) is 0 Å². The maximum atomic E-state index is 6.13. The minimum absolute atomic E-state index is 0.0786. The van der Waals surface area contributed by atoms with E-state index in [1.807, 2.05) is 45.0 Å². The monoisotopic (exact) mass is 240 g/mol. The molecule has 0 amide bonds. The molecule has 0 N–H and O–H groups in total. The van der Waals surface area contributed by atoms with Gasteiger partial charge in [-0.15, -0.1) is 0 Å². The van der Waals surface area contributed by atoms with Gasteiger partial charge in [-0.05, 0) is 32.4 Å². The maximum Gasteiger partial charge on any atom is 0.163 e. The summed E-state index contributed by atoms with van der Waals surface area (Å²) >= 11 is 6.13. The molecule has 1 aromatic rings. The molecule has 1 fully saturated rings. The van der Waals surface area contributed by atoms with Crippen LogP contribution in [0.2, 0.25) is 5.02 Å². The first-order chi connectivity index (χ1) is 7.48. The number of hydrogen-bond acceptors (Lipinski definition) is 2. The Morgan fingerprint density at radius 2 is 1.94 bits per heavy atom. The minimum Gasteiger partial charge on any atom is -0.345 e. The van der Waals surface area contributed by atoms with Gasteiger partial charge in [-0.3, -0.25) is 0 Å². The van der Waals surface area contributed by atoms with Gasteiger partial charge in [-0.1, -0.05) is 29.8 Å². The summed E-state index contributed by atoms with van der Waals surface area (Å²) in [5, 5.41) is 0.794. The quantitative estimate of drug-likeness (QED) is 0.789. The minimum atomic E-state index is -0.481. The largest absolute Gasteiger partial charge is 0.345 e. The lowest BCUT2D eigenvalue weighted by molar-refractivity contribution is -0.144. The van der Waals surface area contributed by atoms with Gasteiger partial charge in [0, 0.05) is 11.4 Å². The van der Waals surface area contributed by atoms with Crippen molar-refractivity contribution < 1.29 is 9.47 Å². The van der Waals surface area contributed by atoms with E-state index >= 15 is 0 Å². The van der Waals surface area contributed by atoms with Gasteiger partial charge in [-0.2, -0.15) is 0 Å². The number of benzene rings is 1. The highest BCUT2D eigenvalue weighted by Gasteiger charge is 2.38. The van der Waals surface area contributed by atoms with Crippen molar-refractivity contribution >= 4 is 11.6 Å².